The van der Waals surface area contributed by atoms with Gasteiger partial charge in [0.15, 0.2) is 0 Å². The van der Waals surface area contributed by atoms with Crippen LogP contribution < -0.4 is 0 Å². The fourth-order valence-electron chi connectivity index (χ4n) is 4.33. The van der Waals surface area contributed by atoms with E-state index in [4.69, 9.17) is 0 Å². The van der Waals surface area contributed by atoms with Crippen molar-refractivity contribution in [1.82, 2.24) is 0 Å². The molecular weight excluding hydrogens is 308 g/mol. The maximum absolute atomic E-state index is 12.2. The molecule has 134 valence electrons. The summed E-state index contributed by atoms with van der Waals surface area (Å²) in [6.07, 6.45) is 2.99. The maximum atomic E-state index is 12.2. The van der Waals surface area contributed by atoms with E-state index in [1.54, 1.807) is 0 Å². The Morgan fingerprint density at radius 2 is 1.26 bits per heavy atom. The molecule has 0 bridgehead atoms. The van der Waals surface area contributed by atoms with Gasteiger partial charge < -0.3 is 10.2 Å². The monoisotopic (exact) mass is 342 g/mol. The van der Waals surface area contributed by atoms with Crippen molar-refractivity contribution in [3.8, 4) is 0 Å². The first-order valence-electron chi connectivity index (χ1n) is 8.75. The van der Waals surface area contributed by atoms with Gasteiger partial charge in [0.1, 0.15) is 8.07 Å². The molecule has 0 aromatic heterocycles. The van der Waals surface area contributed by atoms with E-state index in [9.17, 15) is 19.8 Å². The molecule has 0 heterocycles. The first-order valence-corrected chi connectivity index (χ1v) is 11.0. The lowest BCUT2D eigenvalue weighted by Crippen LogP contribution is -2.50. The Balaban J connectivity index is 6.48. The van der Waals surface area contributed by atoms with Gasteiger partial charge in [0.25, 0.3) is 0 Å². The Morgan fingerprint density at radius 3 is 1.52 bits per heavy atom. The molecule has 2 N–H and O–H groups in total. The second-order valence-electron chi connectivity index (χ2n) is 7.32. The number of carboxylic acids is 2. The van der Waals surface area contributed by atoms with Gasteiger partial charge in [-0.05, 0) is 29.5 Å². The normalized spacial score (nSPS) is 13.7. The van der Waals surface area contributed by atoms with Gasteiger partial charge in [-0.1, -0.05) is 61.3 Å². The quantitative estimate of drug-likeness (QED) is 0.323. The van der Waals surface area contributed by atoms with Crippen LogP contribution in [0.3, 0.4) is 0 Å². The summed E-state index contributed by atoms with van der Waals surface area (Å²) in [5.41, 5.74) is 0.672. The smallest absolute Gasteiger partial charge is 0.331 e. The number of unbranched alkanes of at least 4 members (excludes halogenated alkanes) is 2. The van der Waals surface area contributed by atoms with Crippen molar-refractivity contribution in [2.24, 2.45) is 0 Å². The number of hydrogen-bond donors (Lipinski definition) is 2. The van der Waals surface area contributed by atoms with Gasteiger partial charge in [-0.15, -0.1) is 0 Å². The molecule has 4 nitrogen and oxygen atoms in total. The van der Waals surface area contributed by atoms with Gasteiger partial charge in [0.05, 0.1) is 0 Å². The zero-order chi connectivity index (χ0) is 18.4. The molecule has 0 unspecified atom stereocenters. The predicted molar refractivity (Wildman–Crippen MR) is 97.5 cm³/mol. The molecule has 0 rings (SSSR count). The van der Waals surface area contributed by atoms with Crippen molar-refractivity contribution < 1.29 is 19.8 Å². The molecular formula is C18H34O4Si. The summed E-state index contributed by atoms with van der Waals surface area (Å²) in [6.45, 7) is 14.4. The van der Waals surface area contributed by atoms with Gasteiger partial charge >= 0.3 is 11.9 Å². The van der Waals surface area contributed by atoms with Crippen molar-refractivity contribution in [1.29, 1.82) is 0 Å². The van der Waals surface area contributed by atoms with E-state index in [-0.39, 0.29) is 27.4 Å². The molecule has 23 heavy (non-hydrogen) atoms. The van der Waals surface area contributed by atoms with E-state index in [0.29, 0.717) is 6.42 Å². The average Bonchev–Trinajstić information content (AvgIpc) is 2.39. The molecule has 0 aromatic rings. The standard InChI is InChI=1S/C18H34O4Si/c1-8-9-10-11-15(17(19)20)16(18(21)22)23(12(2)3,13(4)5)14(6)7/h12-14H,8-11H2,1-7H3,(H,19,20)(H,21,22)/b16-15-. The molecule has 0 radical (unpaired) electrons. The zero-order valence-corrected chi connectivity index (χ0v) is 16.8. The Morgan fingerprint density at radius 1 is 0.826 bits per heavy atom. The Labute approximate surface area is 142 Å². The van der Waals surface area contributed by atoms with Crippen LogP contribution in [0.4, 0.5) is 0 Å². The third-order valence-electron chi connectivity index (χ3n) is 5.10. The highest BCUT2D eigenvalue weighted by Gasteiger charge is 2.50. The highest BCUT2D eigenvalue weighted by molar-refractivity contribution is 6.93. The first-order chi connectivity index (χ1) is 10.5. The van der Waals surface area contributed by atoms with Crippen LogP contribution in [0, 0.1) is 0 Å². The van der Waals surface area contributed by atoms with E-state index >= 15 is 0 Å². The number of carboxylic acid groups (broad SMARTS) is 2. The van der Waals surface area contributed by atoms with Crippen molar-refractivity contribution >= 4 is 20.0 Å². The average molecular weight is 343 g/mol. The molecule has 5 heteroatoms. The Bertz CT molecular complexity index is 428. The third kappa shape index (κ3) is 4.69. The summed E-state index contributed by atoms with van der Waals surface area (Å²) >= 11 is 0. The van der Waals surface area contributed by atoms with Crippen LogP contribution in [0.5, 0.6) is 0 Å². The number of rotatable bonds is 10. The summed E-state index contributed by atoms with van der Waals surface area (Å²) in [4.78, 5) is 24.0. The first kappa shape index (κ1) is 21.9. The fraction of sp³-hybridized carbons (Fsp3) is 0.778. The van der Waals surface area contributed by atoms with Crippen molar-refractivity contribution in [2.45, 2.75) is 90.8 Å². The lowest BCUT2D eigenvalue weighted by molar-refractivity contribution is -0.135. The number of aliphatic carboxylic acids is 2. The van der Waals surface area contributed by atoms with Gasteiger partial charge in [-0.2, -0.15) is 0 Å². The van der Waals surface area contributed by atoms with Gasteiger partial charge in [-0.25, -0.2) is 9.59 Å². The molecule has 0 saturated heterocycles. The third-order valence-corrected chi connectivity index (χ3v) is 12.2. The summed E-state index contributed by atoms with van der Waals surface area (Å²) in [6, 6.07) is 0. The lowest BCUT2D eigenvalue weighted by atomic mass is 10.1. The molecule has 0 amide bonds. The van der Waals surface area contributed by atoms with Crippen LogP contribution in [0.1, 0.15) is 74.1 Å². The van der Waals surface area contributed by atoms with Crippen LogP contribution in [-0.4, -0.2) is 30.2 Å². The van der Waals surface area contributed by atoms with Crippen LogP contribution in [0.25, 0.3) is 0 Å². The van der Waals surface area contributed by atoms with Gasteiger partial charge in [0.2, 0.25) is 0 Å². The van der Waals surface area contributed by atoms with Crippen LogP contribution in [-0.2, 0) is 9.59 Å². The summed E-state index contributed by atoms with van der Waals surface area (Å²) in [7, 11) is -2.51. The topological polar surface area (TPSA) is 74.6 Å². The van der Waals surface area contributed by atoms with Gasteiger partial charge in [-0.3, -0.25) is 0 Å². The van der Waals surface area contributed by atoms with E-state index in [1.807, 2.05) is 0 Å². The lowest BCUT2D eigenvalue weighted by Gasteiger charge is -2.44. The van der Waals surface area contributed by atoms with Crippen LogP contribution in [0.2, 0.25) is 16.6 Å². The number of carbonyl (C=O) groups is 2. The van der Waals surface area contributed by atoms with E-state index in [0.717, 1.165) is 19.3 Å². The van der Waals surface area contributed by atoms with Crippen molar-refractivity contribution in [2.75, 3.05) is 0 Å². The van der Waals surface area contributed by atoms with Crippen LogP contribution >= 0.6 is 0 Å². The summed E-state index contributed by atoms with van der Waals surface area (Å²) in [5, 5.41) is 19.9. The minimum absolute atomic E-state index is 0.147. The summed E-state index contributed by atoms with van der Waals surface area (Å²) < 4.78 is 0. The molecule has 0 atom stereocenters. The molecule has 0 saturated carbocycles. The zero-order valence-electron chi connectivity index (χ0n) is 15.8. The Kier molecular flexibility index (Phi) is 8.81. The molecule has 0 aliphatic rings. The molecule has 0 aromatic carbocycles. The predicted octanol–water partition coefficient (Wildman–Crippen LogP) is 5.25. The fourth-order valence-corrected chi connectivity index (χ4v) is 11.2. The highest BCUT2D eigenvalue weighted by atomic mass is 28.3. The highest BCUT2D eigenvalue weighted by Crippen LogP contribution is 2.47. The largest absolute Gasteiger partial charge is 0.478 e. The molecule has 0 fully saturated rings. The molecule has 0 aliphatic carbocycles. The minimum atomic E-state index is -2.51. The maximum Gasteiger partial charge on any atom is 0.331 e. The SMILES string of the molecule is CCCCC/C(C(=O)O)=C(\C(=O)O)[Si](C(C)C)(C(C)C)C(C)C. The van der Waals surface area contributed by atoms with E-state index in [2.05, 4.69) is 48.5 Å². The van der Waals surface area contributed by atoms with E-state index < -0.39 is 20.0 Å². The minimum Gasteiger partial charge on any atom is -0.478 e. The van der Waals surface area contributed by atoms with Gasteiger partial charge in [0, 0.05) is 10.8 Å². The van der Waals surface area contributed by atoms with E-state index in [1.165, 1.54) is 0 Å². The summed E-state index contributed by atoms with van der Waals surface area (Å²) in [5.74, 6) is -2.08. The molecule has 0 spiro atoms. The number of hydrogen-bond acceptors (Lipinski definition) is 2. The van der Waals surface area contributed by atoms with Crippen molar-refractivity contribution in [3.05, 3.63) is 10.8 Å². The van der Waals surface area contributed by atoms with Crippen molar-refractivity contribution in [3.63, 3.8) is 0 Å². The molecule has 0 aliphatic heterocycles. The van der Waals surface area contributed by atoms with Crippen LogP contribution in [0.15, 0.2) is 10.8 Å². The second kappa shape index (κ2) is 9.26. The second-order valence-corrected chi connectivity index (χ2v) is 13.1. The Hall–Kier alpha value is -1.10.